The molecule has 0 radical (unpaired) electrons. The lowest BCUT2D eigenvalue weighted by Crippen LogP contribution is -2.06. The summed E-state index contributed by atoms with van der Waals surface area (Å²) < 4.78 is 5.05. The molecule has 0 bridgehead atoms. The van der Waals surface area contributed by atoms with E-state index in [1.54, 1.807) is 12.4 Å². The average molecular weight is 309 g/mol. The number of esters is 1. The predicted octanol–water partition coefficient (Wildman–Crippen LogP) is 4.65. The third kappa shape index (κ3) is 2.92. The molecule has 0 unspecified atom stereocenters. The van der Waals surface area contributed by atoms with Gasteiger partial charge in [-0.05, 0) is 23.6 Å². The smallest absolute Gasteiger partial charge is 0.358 e. The van der Waals surface area contributed by atoms with Gasteiger partial charge in [0.1, 0.15) is 0 Å². The molecule has 0 saturated carbocycles. The molecule has 4 heteroatoms. The van der Waals surface area contributed by atoms with Gasteiger partial charge in [-0.15, -0.1) is 11.3 Å². The van der Waals surface area contributed by atoms with Crippen LogP contribution < -0.4 is 0 Å². The highest BCUT2D eigenvalue weighted by atomic mass is 32.1. The SMILES string of the molecule is CCOC(=O)c1ncsc1-c1ccc(-c2ccccc2)cc1. The summed E-state index contributed by atoms with van der Waals surface area (Å²) in [6.07, 6.45) is 0. The third-order valence-corrected chi connectivity index (χ3v) is 4.17. The topological polar surface area (TPSA) is 39.2 Å². The van der Waals surface area contributed by atoms with Crippen LogP contribution >= 0.6 is 11.3 Å². The Balaban J connectivity index is 1.91. The predicted molar refractivity (Wildman–Crippen MR) is 88.9 cm³/mol. The molecule has 3 rings (SSSR count). The Morgan fingerprint density at radius 1 is 1.00 bits per heavy atom. The third-order valence-electron chi connectivity index (χ3n) is 3.29. The zero-order chi connectivity index (χ0) is 15.4. The first-order chi connectivity index (χ1) is 10.8. The van der Waals surface area contributed by atoms with Gasteiger partial charge < -0.3 is 4.74 Å². The van der Waals surface area contributed by atoms with E-state index in [-0.39, 0.29) is 5.97 Å². The average Bonchev–Trinajstić information content (AvgIpc) is 3.06. The molecule has 22 heavy (non-hydrogen) atoms. The van der Waals surface area contributed by atoms with Crippen LogP contribution in [-0.2, 0) is 4.74 Å². The summed E-state index contributed by atoms with van der Waals surface area (Å²) in [4.78, 5) is 16.9. The van der Waals surface area contributed by atoms with Crippen LogP contribution in [-0.4, -0.2) is 17.6 Å². The molecule has 110 valence electrons. The molecule has 0 N–H and O–H groups in total. The van der Waals surface area contributed by atoms with Crippen LogP contribution in [0.4, 0.5) is 0 Å². The van der Waals surface area contributed by atoms with Gasteiger partial charge in [-0.2, -0.15) is 0 Å². The summed E-state index contributed by atoms with van der Waals surface area (Å²) in [5, 5.41) is 0. The lowest BCUT2D eigenvalue weighted by molar-refractivity contribution is 0.0521. The van der Waals surface area contributed by atoms with E-state index in [0.29, 0.717) is 12.3 Å². The zero-order valence-electron chi connectivity index (χ0n) is 12.2. The Hall–Kier alpha value is -2.46. The van der Waals surface area contributed by atoms with Gasteiger partial charge in [-0.3, -0.25) is 0 Å². The number of carbonyl (C=O) groups is 1. The summed E-state index contributed by atoms with van der Waals surface area (Å²) in [6, 6.07) is 18.3. The maximum Gasteiger partial charge on any atom is 0.358 e. The number of thiazole rings is 1. The molecule has 2 aromatic carbocycles. The van der Waals surface area contributed by atoms with Gasteiger partial charge in [0.15, 0.2) is 5.69 Å². The van der Waals surface area contributed by atoms with Crippen LogP contribution in [0.15, 0.2) is 60.1 Å². The Kier molecular flexibility index (Phi) is 4.30. The molecule has 1 aromatic heterocycles. The highest BCUT2D eigenvalue weighted by Crippen LogP contribution is 2.30. The first-order valence-electron chi connectivity index (χ1n) is 7.06. The van der Waals surface area contributed by atoms with E-state index in [1.807, 2.05) is 30.3 Å². The van der Waals surface area contributed by atoms with E-state index >= 15 is 0 Å². The molecule has 0 spiro atoms. The van der Waals surface area contributed by atoms with Gasteiger partial charge in [-0.1, -0.05) is 54.6 Å². The lowest BCUT2D eigenvalue weighted by atomic mass is 10.0. The summed E-state index contributed by atoms with van der Waals surface area (Å²) in [7, 11) is 0. The Labute approximate surface area is 133 Å². The van der Waals surface area contributed by atoms with Crippen molar-refractivity contribution in [2.75, 3.05) is 6.61 Å². The summed E-state index contributed by atoms with van der Waals surface area (Å²) >= 11 is 1.45. The normalized spacial score (nSPS) is 10.4. The van der Waals surface area contributed by atoms with Crippen molar-refractivity contribution in [1.82, 2.24) is 4.98 Å². The second-order valence-corrected chi connectivity index (χ2v) is 5.55. The lowest BCUT2D eigenvalue weighted by Gasteiger charge is -2.05. The molecule has 0 atom stereocenters. The highest BCUT2D eigenvalue weighted by Gasteiger charge is 2.17. The number of ether oxygens (including phenoxy) is 1. The van der Waals surface area contributed by atoms with Gasteiger partial charge in [0.05, 0.1) is 17.0 Å². The van der Waals surface area contributed by atoms with E-state index in [9.17, 15) is 4.79 Å². The van der Waals surface area contributed by atoms with Crippen LogP contribution in [0.2, 0.25) is 0 Å². The summed E-state index contributed by atoms with van der Waals surface area (Å²) in [5.41, 5.74) is 5.35. The van der Waals surface area contributed by atoms with Crippen molar-refractivity contribution in [3.63, 3.8) is 0 Å². The van der Waals surface area contributed by atoms with Gasteiger partial charge in [-0.25, -0.2) is 9.78 Å². The maximum absolute atomic E-state index is 11.9. The maximum atomic E-state index is 11.9. The van der Waals surface area contributed by atoms with Gasteiger partial charge in [0.2, 0.25) is 0 Å². The van der Waals surface area contributed by atoms with Crippen LogP contribution in [0.25, 0.3) is 21.6 Å². The highest BCUT2D eigenvalue weighted by molar-refractivity contribution is 7.13. The van der Waals surface area contributed by atoms with Crippen molar-refractivity contribution in [1.29, 1.82) is 0 Å². The molecule has 0 fully saturated rings. The number of benzene rings is 2. The largest absolute Gasteiger partial charge is 0.461 e. The van der Waals surface area contributed by atoms with Crippen molar-refractivity contribution in [2.45, 2.75) is 6.92 Å². The zero-order valence-corrected chi connectivity index (χ0v) is 13.0. The van der Waals surface area contributed by atoms with E-state index < -0.39 is 0 Å². The summed E-state index contributed by atoms with van der Waals surface area (Å²) in [5.74, 6) is -0.370. The van der Waals surface area contributed by atoms with Crippen LogP contribution in [0.1, 0.15) is 17.4 Å². The molecule has 3 nitrogen and oxygen atoms in total. The first kappa shape index (κ1) is 14.5. The second-order valence-electron chi connectivity index (χ2n) is 4.69. The fraction of sp³-hybridized carbons (Fsp3) is 0.111. The Bertz CT molecular complexity index is 763. The minimum absolute atomic E-state index is 0.350. The molecule has 0 aliphatic carbocycles. The number of hydrogen-bond acceptors (Lipinski definition) is 4. The molecule has 3 aromatic rings. The Morgan fingerprint density at radius 2 is 1.64 bits per heavy atom. The molecule has 0 amide bonds. The van der Waals surface area contributed by atoms with Crippen molar-refractivity contribution in [3.05, 3.63) is 65.8 Å². The molecule has 0 aliphatic heterocycles. The van der Waals surface area contributed by atoms with Gasteiger partial charge >= 0.3 is 5.97 Å². The Morgan fingerprint density at radius 3 is 2.32 bits per heavy atom. The van der Waals surface area contributed by atoms with Crippen molar-refractivity contribution < 1.29 is 9.53 Å². The number of hydrogen-bond donors (Lipinski definition) is 0. The molecular formula is C18H15NO2S. The van der Waals surface area contributed by atoms with E-state index in [4.69, 9.17) is 4.74 Å². The number of aromatic nitrogens is 1. The van der Waals surface area contributed by atoms with Gasteiger partial charge in [0, 0.05) is 0 Å². The quantitative estimate of drug-likeness (QED) is 0.658. The molecular weight excluding hydrogens is 294 g/mol. The van der Waals surface area contributed by atoms with E-state index in [1.165, 1.54) is 16.9 Å². The minimum atomic E-state index is -0.370. The van der Waals surface area contributed by atoms with Gasteiger partial charge in [0.25, 0.3) is 0 Å². The van der Waals surface area contributed by atoms with Crippen LogP contribution in [0.3, 0.4) is 0 Å². The van der Waals surface area contributed by atoms with E-state index in [0.717, 1.165) is 16.0 Å². The van der Waals surface area contributed by atoms with Crippen LogP contribution in [0, 0.1) is 0 Å². The fourth-order valence-corrected chi connectivity index (χ4v) is 3.02. The van der Waals surface area contributed by atoms with Crippen LogP contribution in [0.5, 0.6) is 0 Å². The summed E-state index contributed by atoms with van der Waals surface area (Å²) in [6.45, 7) is 2.14. The fourth-order valence-electron chi connectivity index (χ4n) is 2.24. The molecule has 1 heterocycles. The second kappa shape index (κ2) is 6.54. The number of nitrogens with zero attached hydrogens (tertiary/aromatic N) is 1. The minimum Gasteiger partial charge on any atom is -0.461 e. The standard InChI is InChI=1S/C18H15NO2S/c1-2-21-18(20)16-17(22-12-19-16)15-10-8-14(9-11-15)13-6-4-3-5-7-13/h3-12H,2H2,1H3. The molecule has 0 aliphatic rings. The van der Waals surface area contributed by atoms with E-state index in [2.05, 4.69) is 29.2 Å². The van der Waals surface area contributed by atoms with Crippen molar-refractivity contribution >= 4 is 17.3 Å². The first-order valence-corrected chi connectivity index (χ1v) is 7.94. The number of carbonyl (C=O) groups excluding carboxylic acids is 1. The van der Waals surface area contributed by atoms with Crippen molar-refractivity contribution in [3.8, 4) is 21.6 Å². The molecule has 0 saturated heterocycles. The van der Waals surface area contributed by atoms with Crippen molar-refractivity contribution in [2.24, 2.45) is 0 Å². The number of rotatable bonds is 4. The monoisotopic (exact) mass is 309 g/mol.